The number of anilines is 1. The molecule has 0 amide bonds. The lowest BCUT2D eigenvalue weighted by molar-refractivity contribution is -0.136. The predicted molar refractivity (Wildman–Crippen MR) is 92.1 cm³/mol. The van der Waals surface area contributed by atoms with Crippen LogP contribution in [-0.2, 0) is 21.2 Å². The van der Waals surface area contributed by atoms with Gasteiger partial charge >= 0.3 is 5.97 Å². The van der Waals surface area contributed by atoms with Gasteiger partial charge in [0.2, 0.25) is 0 Å². The molecule has 0 radical (unpaired) electrons. The third-order valence-corrected chi connectivity index (χ3v) is 5.27. The second-order valence-corrected chi connectivity index (χ2v) is 7.66. The van der Waals surface area contributed by atoms with Crippen molar-refractivity contribution >= 4 is 37.6 Å². The summed E-state index contributed by atoms with van der Waals surface area (Å²) in [6.45, 7) is 1.92. The van der Waals surface area contributed by atoms with Crippen molar-refractivity contribution in [1.82, 2.24) is 0 Å². The van der Waals surface area contributed by atoms with E-state index in [1.807, 2.05) is 19.1 Å². The lowest BCUT2D eigenvalue weighted by Gasteiger charge is -2.11. The molecular weight excluding hydrogens is 382 g/mol. The van der Waals surface area contributed by atoms with Crippen molar-refractivity contribution in [2.75, 3.05) is 4.72 Å². The highest BCUT2D eigenvalue weighted by molar-refractivity contribution is 9.10. The Morgan fingerprint density at radius 1 is 1.17 bits per heavy atom. The van der Waals surface area contributed by atoms with Crippen LogP contribution in [0.25, 0.3) is 0 Å². The number of aryl methyl sites for hydroxylation is 2. The number of carboxylic acid groups (broad SMARTS) is 1. The van der Waals surface area contributed by atoms with E-state index in [0.29, 0.717) is 16.6 Å². The Labute approximate surface area is 143 Å². The fraction of sp³-hybridized carbons (Fsp3) is 0.188. The van der Waals surface area contributed by atoms with Gasteiger partial charge in [-0.05, 0) is 64.7 Å². The molecule has 0 unspecified atom stereocenters. The molecule has 0 aliphatic carbocycles. The zero-order valence-corrected chi connectivity index (χ0v) is 14.8. The second kappa shape index (κ2) is 7.14. The molecule has 0 aliphatic heterocycles. The molecule has 7 heteroatoms. The van der Waals surface area contributed by atoms with Crippen LogP contribution in [0.2, 0.25) is 0 Å². The number of carbonyl (C=O) groups is 1. The van der Waals surface area contributed by atoms with E-state index in [1.165, 1.54) is 12.1 Å². The van der Waals surface area contributed by atoms with Crippen LogP contribution in [0.5, 0.6) is 0 Å². The lowest BCUT2D eigenvalue weighted by Crippen LogP contribution is -2.13. The van der Waals surface area contributed by atoms with Crippen LogP contribution in [0, 0.1) is 6.92 Å². The van der Waals surface area contributed by atoms with E-state index in [4.69, 9.17) is 5.11 Å². The highest BCUT2D eigenvalue weighted by atomic mass is 79.9. The minimum Gasteiger partial charge on any atom is -0.481 e. The molecule has 122 valence electrons. The standard InChI is InChI=1S/C16H16BrNO4S/c1-11-2-8-15(14(17)10-11)18-23(21,22)13-6-3-12(4-7-13)5-9-16(19)20/h2-4,6-8,10,18H,5,9H2,1H3,(H,19,20). The minimum atomic E-state index is -3.69. The molecule has 2 aromatic rings. The van der Waals surface area contributed by atoms with E-state index in [-0.39, 0.29) is 11.3 Å². The SMILES string of the molecule is Cc1ccc(NS(=O)(=O)c2ccc(CCC(=O)O)cc2)c(Br)c1. The first-order valence-electron chi connectivity index (χ1n) is 6.87. The number of nitrogens with one attached hydrogen (secondary N) is 1. The maximum absolute atomic E-state index is 12.4. The Morgan fingerprint density at radius 3 is 2.39 bits per heavy atom. The average Bonchev–Trinajstić information content (AvgIpc) is 2.48. The largest absolute Gasteiger partial charge is 0.481 e. The van der Waals surface area contributed by atoms with Crippen molar-refractivity contribution < 1.29 is 18.3 Å². The van der Waals surface area contributed by atoms with Gasteiger partial charge in [0.25, 0.3) is 10.0 Å². The molecule has 2 N–H and O–H groups in total. The summed E-state index contributed by atoms with van der Waals surface area (Å²) in [4.78, 5) is 10.7. The fourth-order valence-electron chi connectivity index (χ4n) is 1.99. The van der Waals surface area contributed by atoms with Gasteiger partial charge in [-0.2, -0.15) is 0 Å². The molecule has 2 aromatic carbocycles. The molecule has 0 spiro atoms. The van der Waals surface area contributed by atoms with Gasteiger partial charge in [-0.3, -0.25) is 9.52 Å². The topological polar surface area (TPSA) is 83.5 Å². The number of hydrogen-bond acceptors (Lipinski definition) is 3. The summed E-state index contributed by atoms with van der Waals surface area (Å²) in [6, 6.07) is 11.5. The number of aliphatic carboxylic acids is 1. The number of halogens is 1. The third kappa shape index (κ3) is 4.80. The van der Waals surface area contributed by atoms with Crippen LogP contribution in [0.3, 0.4) is 0 Å². The molecule has 0 saturated heterocycles. The quantitative estimate of drug-likeness (QED) is 0.779. The van der Waals surface area contributed by atoms with Gasteiger partial charge in [-0.15, -0.1) is 0 Å². The molecule has 0 heterocycles. The number of sulfonamides is 1. The van der Waals surface area contributed by atoms with E-state index < -0.39 is 16.0 Å². The normalized spacial score (nSPS) is 11.2. The van der Waals surface area contributed by atoms with Crippen molar-refractivity contribution in [2.45, 2.75) is 24.7 Å². The van der Waals surface area contributed by atoms with Gasteiger partial charge < -0.3 is 5.11 Å². The summed E-state index contributed by atoms with van der Waals surface area (Å²) in [7, 11) is -3.69. The van der Waals surface area contributed by atoms with Crippen LogP contribution in [0.4, 0.5) is 5.69 Å². The number of rotatable bonds is 6. The van der Waals surface area contributed by atoms with Crippen LogP contribution in [0.1, 0.15) is 17.5 Å². The number of carboxylic acids is 1. The summed E-state index contributed by atoms with van der Waals surface area (Å²) < 4.78 is 28.0. The molecule has 0 fully saturated rings. The van der Waals surface area contributed by atoms with Gasteiger partial charge in [0.15, 0.2) is 0 Å². The molecule has 0 bridgehead atoms. The molecule has 0 saturated carbocycles. The highest BCUT2D eigenvalue weighted by Crippen LogP contribution is 2.26. The number of benzene rings is 2. The Balaban J connectivity index is 2.17. The zero-order valence-electron chi connectivity index (χ0n) is 12.4. The van der Waals surface area contributed by atoms with Gasteiger partial charge in [0.1, 0.15) is 0 Å². The van der Waals surface area contributed by atoms with Crippen LogP contribution in [0.15, 0.2) is 51.8 Å². The van der Waals surface area contributed by atoms with Crippen molar-refractivity contribution in [1.29, 1.82) is 0 Å². The minimum absolute atomic E-state index is 0.0145. The maximum atomic E-state index is 12.4. The van der Waals surface area contributed by atoms with Crippen molar-refractivity contribution in [3.63, 3.8) is 0 Å². The van der Waals surface area contributed by atoms with Crippen LogP contribution < -0.4 is 4.72 Å². The molecule has 5 nitrogen and oxygen atoms in total. The third-order valence-electron chi connectivity index (χ3n) is 3.23. The van der Waals surface area contributed by atoms with E-state index >= 15 is 0 Å². The fourth-order valence-corrected chi connectivity index (χ4v) is 3.80. The van der Waals surface area contributed by atoms with Crippen LogP contribution >= 0.6 is 15.9 Å². The Morgan fingerprint density at radius 2 is 1.83 bits per heavy atom. The average molecular weight is 398 g/mol. The molecule has 0 aliphatic rings. The van der Waals surface area contributed by atoms with E-state index in [0.717, 1.165) is 11.1 Å². The lowest BCUT2D eigenvalue weighted by atomic mass is 10.1. The first-order chi connectivity index (χ1) is 10.8. The predicted octanol–water partition coefficient (Wildman–Crippen LogP) is 3.58. The summed E-state index contributed by atoms with van der Waals surface area (Å²) >= 11 is 3.34. The summed E-state index contributed by atoms with van der Waals surface area (Å²) in [5, 5.41) is 8.66. The van der Waals surface area contributed by atoms with Gasteiger partial charge in [0, 0.05) is 10.9 Å². The summed E-state index contributed by atoms with van der Waals surface area (Å²) in [5.41, 5.74) is 2.26. The van der Waals surface area contributed by atoms with Crippen molar-refractivity contribution in [3.8, 4) is 0 Å². The monoisotopic (exact) mass is 397 g/mol. The second-order valence-electron chi connectivity index (χ2n) is 5.13. The Bertz CT molecular complexity index is 816. The van der Waals surface area contributed by atoms with Crippen LogP contribution in [-0.4, -0.2) is 19.5 Å². The molecule has 0 atom stereocenters. The van der Waals surface area contributed by atoms with Gasteiger partial charge in [-0.1, -0.05) is 18.2 Å². The Kier molecular flexibility index (Phi) is 5.43. The summed E-state index contributed by atoms with van der Waals surface area (Å²) in [5.74, 6) is -0.882. The van der Waals surface area contributed by atoms with Crippen molar-refractivity contribution in [3.05, 3.63) is 58.1 Å². The first-order valence-corrected chi connectivity index (χ1v) is 9.15. The summed E-state index contributed by atoms with van der Waals surface area (Å²) in [6.07, 6.45) is 0.382. The number of hydrogen-bond donors (Lipinski definition) is 2. The molecule has 2 rings (SSSR count). The first kappa shape index (κ1) is 17.5. The van der Waals surface area contributed by atoms with E-state index in [1.54, 1.807) is 18.2 Å². The van der Waals surface area contributed by atoms with Gasteiger partial charge in [0.05, 0.1) is 10.6 Å². The Hall–Kier alpha value is -1.86. The molecule has 0 aromatic heterocycles. The molecular formula is C16H16BrNO4S. The smallest absolute Gasteiger partial charge is 0.303 e. The van der Waals surface area contributed by atoms with Crippen molar-refractivity contribution in [2.24, 2.45) is 0 Å². The van der Waals surface area contributed by atoms with E-state index in [9.17, 15) is 13.2 Å². The highest BCUT2D eigenvalue weighted by Gasteiger charge is 2.15. The zero-order chi connectivity index (χ0) is 17.0. The van der Waals surface area contributed by atoms with Gasteiger partial charge in [-0.25, -0.2) is 8.42 Å². The molecule has 23 heavy (non-hydrogen) atoms. The maximum Gasteiger partial charge on any atom is 0.303 e. The van der Waals surface area contributed by atoms with E-state index in [2.05, 4.69) is 20.7 Å².